The Kier molecular flexibility index (Phi) is 7.12. The number of hydrogen-bond acceptors (Lipinski definition) is 6. The van der Waals surface area contributed by atoms with Crippen molar-refractivity contribution < 1.29 is 29.0 Å². The topological polar surface area (TPSA) is 117 Å². The van der Waals surface area contributed by atoms with E-state index in [0.717, 1.165) is 0 Å². The second-order valence-electron chi connectivity index (χ2n) is 4.79. The molecule has 0 fully saturated rings. The molecule has 8 heteroatoms. The third-order valence-corrected chi connectivity index (χ3v) is 1.76. The smallest absolute Gasteiger partial charge is 0.408 e. The van der Waals surface area contributed by atoms with Gasteiger partial charge in [-0.15, -0.1) is 0 Å². The Morgan fingerprint density at radius 2 is 1.90 bits per heavy atom. The molecule has 0 saturated heterocycles. The van der Waals surface area contributed by atoms with Gasteiger partial charge in [0, 0.05) is 6.54 Å². The number of carbonyl (C=O) groups excluding carboxylic acids is 3. The van der Waals surface area contributed by atoms with Crippen molar-refractivity contribution in [2.75, 3.05) is 13.2 Å². The lowest BCUT2D eigenvalue weighted by atomic mass is 10.2. The van der Waals surface area contributed by atoms with Gasteiger partial charge in [-0.2, -0.15) is 0 Å². The van der Waals surface area contributed by atoms with Crippen molar-refractivity contribution >= 4 is 18.2 Å². The third-order valence-electron chi connectivity index (χ3n) is 1.76. The molecular weight excluding hydrogens is 268 g/mol. The monoisotopic (exact) mass is 287 g/mol. The van der Waals surface area contributed by atoms with Gasteiger partial charge in [0.05, 0.1) is 12.0 Å². The highest BCUT2D eigenvalue weighted by atomic mass is 16.6. The lowest BCUT2D eigenvalue weighted by molar-refractivity contribution is -0.308. The molecule has 0 unspecified atom stereocenters. The fourth-order valence-electron chi connectivity index (χ4n) is 1.01. The third kappa shape index (κ3) is 8.78. The van der Waals surface area contributed by atoms with Gasteiger partial charge in [-0.1, -0.05) is 12.7 Å². The number of amides is 2. The van der Waals surface area contributed by atoms with Crippen molar-refractivity contribution in [3.63, 3.8) is 0 Å². The predicted molar refractivity (Wildman–Crippen MR) is 67.7 cm³/mol. The highest BCUT2D eigenvalue weighted by Crippen LogP contribution is 2.06. The number of ether oxygens (including phenoxy) is 2. The summed E-state index contributed by atoms with van der Waals surface area (Å²) in [7, 11) is 0. The van der Waals surface area contributed by atoms with E-state index < -0.39 is 36.3 Å². The van der Waals surface area contributed by atoms with Crippen LogP contribution in [0.4, 0.5) is 9.59 Å². The number of nitrogens with one attached hydrogen (secondary N) is 2. The molecule has 2 N–H and O–H groups in total. The molecule has 0 saturated carbocycles. The molecule has 0 heterocycles. The van der Waals surface area contributed by atoms with Gasteiger partial charge in [-0.05, 0) is 20.8 Å². The largest absolute Gasteiger partial charge is 0.548 e. The number of alkyl carbamates (subject to hydrolysis) is 2. The minimum Gasteiger partial charge on any atom is -0.548 e. The van der Waals surface area contributed by atoms with E-state index in [-0.39, 0.29) is 6.61 Å². The number of rotatable bonds is 6. The summed E-state index contributed by atoms with van der Waals surface area (Å²) in [5.74, 6) is -1.56. The molecule has 0 aromatic heterocycles. The molecule has 0 aliphatic carbocycles. The standard InChI is InChI=1S/C12H20N2O6/c1-5-6-19-10(17)13-7-8(9(15)16)14-11(18)20-12(2,3)4/h5,8H,1,6-7H2,2-4H3,(H,13,17)(H,14,18)(H,15,16)/p-1/t8-/m0/s1. The van der Waals surface area contributed by atoms with Crippen LogP contribution in [0.25, 0.3) is 0 Å². The van der Waals surface area contributed by atoms with E-state index >= 15 is 0 Å². The first-order chi connectivity index (χ1) is 9.15. The Hall–Kier alpha value is -2.25. The minimum atomic E-state index is -1.56. The predicted octanol–water partition coefficient (Wildman–Crippen LogP) is -0.458. The molecular formula is C12H19N2O6-. The van der Waals surface area contributed by atoms with Gasteiger partial charge in [-0.25, -0.2) is 9.59 Å². The van der Waals surface area contributed by atoms with Crippen molar-refractivity contribution in [1.82, 2.24) is 10.6 Å². The molecule has 0 rings (SSSR count). The Balaban J connectivity index is 4.30. The highest BCUT2D eigenvalue weighted by molar-refractivity contribution is 5.79. The fraction of sp³-hybridized carbons (Fsp3) is 0.583. The molecule has 114 valence electrons. The van der Waals surface area contributed by atoms with E-state index in [0.29, 0.717) is 0 Å². The quantitative estimate of drug-likeness (QED) is 0.638. The minimum absolute atomic E-state index is 0.0126. The first kappa shape index (κ1) is 17.8. The number of carbonyl (C=O) groups is 3. The maximum absolute atomic E-state index is 11.4. The lowest BCUT2D eigenvalue weighted by Gasteiger charge is -2.24. The first-order valence-corrected chi connectivity index (χ1v) is 5.87. The first-order valence-electron chi connectivity index (χ1n) is 5.87. The average Bonchev–Trinajstić information content (AvgIpc) is 2.29. The van der Waals surface area contributed by atoms with Gasteiger partial charge in [0.1, 0.15) is 12.2 Å². The molecule has 8 nitrogen and oxygen atoms in total. The maximum atomic E-state index is 11.4. The van der Waals surface area contributed by atoms with Crippen LogP contribution < -0.4 is 15.7 Å². The number of carboxylic acids is 1. The maximum Gasteiger partial charge on any atom is 0.408 e. The van der Waals surface area contributed by atoms with Gasteiger partial charge in [0.25, 0.3) is 0 Å². The Bertz CT molecular complexity index is 375. The van der Waals surface area contributed by atoms with Gasteiger partial charge < -0.3 is 30.0 Å². The van der Waals surface area contributed by atoms with Gasteiger partial charge in [0.2, 0.25) is 0 Å². The van der Waals surface area contributed by atoms with Crippen LogP contribution >= 0.6 is 0 Å². The van der Waals surface area contributed by atoms with Crippen molar-refractivity contribution in [2.24, 2.45) is 0 Å². The molecule has 1 atom stereocenters. The summed E-state index contributed by atoms with van der Waals surface area (Å²) in [6.45, 7) is 7.83. The summed E-state index contributed by atoms with van der Waals surface area (Å²) in [4.78, 5) is 33.4. The summed E-state index contributed by atoms with van der Waals surface area (Å²) in [6, 6.07) is -1.43. The molecule has 2 amide bonds. The molecule has 0 bridgehead atoms. The second kappa shape index (κ2) is 8.03. The van der Waals surface area contributed by atoms with Crippen LogP contribution in [0.2, 0.25) is 0 Å². The van der Waals surface area contributed by atoms with E-state index in [9.17, 15) is 19.5 Å². The van der Waals surface area contributed by atoms with E-state index in [1.54, 1.807) is 20.8 Å². The summed E-state index contributed by atoms with van der Waals surface area (Å²) < 4.78 is 9.47. The van der Waals surface area contributed by atoms with Gasteiger partial charge >= 0.3 is 12.2 Å². The Morgan fingerprint density at radius 3 is 2.35 bits per heavy atom. The van der Waals surface area contributed by atoms with Crippen molar-refractivity contribution in [2.45, 2.75) is 32.4 Å². The van der Waals surface area contributed by atoms with E-state index in [2.05, 4.69) is 21.9 Å². The molecule has 0 radical (unpaired) electrons. The van der Waals surface area contributed by atoms with Crippen molar-refractivity contribution in [3.05, 3.63) is 12.7 Å². The molecule has 0 aromatic rings. The second-order valence-corrected chi connectivity index (χ2v) is 4.79. The van der Waals surface area contributed by atoms with E-state index in [1.807, 2.05) is 0 Å². The summed E-state index contributed by atoms with van der Waals surface area (Å²) >= 11 is 0. The zero-order valence-electron chi connectivity index (χ0n) is 11.7. The van der Waals surface area contributed by atoms with E-state index in [1.165, 1.54) is 6.08 Å². The van der Waals surface area contributed by atoms with Crippen LogP contribution in [-0.2, 0) is 14.3 Å². The molecule has 20 heavy (non-hydrogen) atoms. The van der Waals surface area contributed by atoms with Gasteiger partial charge in [0.15, 0.2) is 0 Å². The van der Waals surface area contributed by atoms with E-state index in [4.69, 9.17) is 4.74 Å². The van der Waals surface area contributed by atoms with Crippen LogP contribution in [0.3, 0.4) is 0 Å². The molecule has 0 aliphatic heterocycles. The summed E-state index contributed by atoms with van der Waals surface area (Å²) in [6.07, 6.45) is -0.399. The van der Waals surface area contributed by atoms with Gasteiger partial charge in [-0.3, -0.25) is 0 Å². The summed E-state index contributed by atoms with van der Waals surface area (Å²) in [5.41, 5.74) is -0.767. The molecule has 0 aromatic carbocycles. The normalized spacial score (nSPS) is 11.9. The van der Waals surface area contributed by atoms with Crippen LogP contribution in [-0.4, -0.2) is 43.0 Å². The Labute approximate surface area is 117 Å². The van der Waals surface area contributed by atoms with Crippen LogP contribution in [0.15, 0.2) is 12.7 Å². The average molecular weight is 287 g/mol. The number of hydrogen-bond donors (Lipinski definition) is 2. The molecule has 0 aliphatic rings. The number of carboxylic acid groups (broad SMARTS) is 1. The zero-order valence-corrected chi connectivity index (χ0v) is 11.7. The lowest BCUT2D eigenvalue weighted by Crippen LogP contribution is -2.54. The van der Waals surface area contributed by atoms with Crippen LogP contribution in [0.5, 0.6) is 0 Å². The fourth-order valence-corrected chi connectivity index (χ4v) is 1.01. The zero-order chi connectivity index (χ0) is 15.8. The molecule has 0 spiro atoms. The van der Waals surface area contributed by atoms with Crippen LogP contribution in [0.1, 0.15) is 20.8 Å². The Morgan fingerprint density at radius 1 is 1.30 bits per heavy atom. The number of aliphatic carboxylic acids is 1. The van der Waals surface area contributed by atoms with Crippen LogP contribution in [0, 0.1) is 0 Å². The SMILES string of the molecule is C=CCOC(=O)NC[C@H](NC(=O)OC(C)(C)C)C(=O)[O-]. The summed E-state index contributed by atoms with van der Waals surface area (Å²) in [5, 5.41) is 15.1. The van der Waals surface area contributed by atoms with Crippen molar-refractivity contribution in [1.29, 1.82) is 0 Å². The van der Waals surface area contributed by atoms with Crippen molar-refractivity contribution in [3.8, 4) is 0 Å². The highest BCUT2D eigenvalue weighted by Gasteiger charge is 2.20.